The third kappa shape index (κ3) is 2.52. The van der Waals surface area contributed by atoms with Crippen molar-refractivity contribution in [1.29, 1.82) is 0 Å². The summed E-state index contributed by atoms with van der Waals surface area (Å²) < 4.78 is 0. The second-order valence-electron chi connectivity index (χ2n) is 5.52. The van der Waals surface area contributed by atoms with Crippen molar-refractivity contribution >= 4 is 10.8 Å². The molecule has 0 bridgehead atoms. The van der Waals surface area contributed by atoms with Gasteiger partial charge < -0.3 is 5.73 Å². The summed E-state index contributed by atoms with van der Waals surface area (Å²) in [5.41, 5.74) is 10.4. The highest BCUT2D eigenvalue weighted by atomic mass is 14.7. The average molecular weight is 277 g/mol. The molecule has 0 atom stereocenters. The Morgan fingerprint density at radius 3 is 2.48 bits per heavy atom. The predicted molar refractivity (Wildman–Crippen MR) is 87.0 cm³/mol. The molecule has 3 heteroatoms. The summed E-state index contributed by atoms with van der Waals surface area (Å²) in [4.78, 5) is 8.64. The molecule has 0 fully saturated rings. The molecule has 0 aliphatic rings. The Morgan fingerprint density at radius 1 is 1.05 bits per heavy atom. The summed E-state index contributed by atoms with van der Waals surface area (Å²) in [6.45, 7) is 4.85. The van der Waals surface area contributed by atoms with Crippen LogP contribution in [0.4, 0.5) is 0 Å². The molecule has 2 aromatic heterocycles. The largest absolute Gasteiger partial charge is 0.325 e. The van der Waals surface area contributed by atoms with Gasteiger partial charge in [0.25, 0.3) is 0 Å². The highest BCUT2D eigenvalue weighted by molar-refractivity contribution is 5.97. The molecule has 0 radical (unpaired) electrons. The van der Waals surface area contributed by atoms with Gasteiger partial charge in [-0.15, -0.1) is 0 Å². The van der Waals surface area contributed by atoms with E-state index in [1.165, 1.54) is 10.9 Å². The normalized spacial score (nSPS) is 11.2. The summed E-state index contributed by atoms with van der Waals surface area (Å²) in [5, 5.41) is 2.35. The van der Waals surface area contributed by atoms with Crippen LogP contribution in [0.1, 0.15) is 31.0 Å². The number of pyridine rings is 2. The van der Waals surface area contributed by atoms with Gasteiger partial charge in [-0.1, -0.05) is 26.0 Å². The molecular weight excluding hydrogens is 258 g/mol. The van der Waals surface area contributed by atoms with Gasteiger partial charge in [0.15, 0.2) is 0 Å². The van der Waals surface area contributed by atoms with E-state index in [0.29, 0.717) is 12.5 Å². The van der Waals surface area contributed by atoms with E-state index in [-0.39, 0.29) is 0 Å². The molecule has 21 heavy (non-hydrogen) atoms. The first kappa shape index (κ1) is 13.7. The van der Waals surface area contributed by atoms with Crippen LogP contribution < -0.4 is 5.73 Å². The van der Waals surface area contributed by atoms with E-state index < -0.39 is 0 Å². The first-order valence-corrected chi connectivity index (χ1v) is 7.22. The molecule has 0 saturated carbocycles. The van der Waals surface area contributed by atoms with Crippen LogP contribution in [-0.2, 0) is 6.54 Å². The molecule has 3 rings (SSSR count). The Labute approximate surface area is 124 Å². The third-order valence-corrected chi connectivity index (χ3v) is 3.85. The first-order valence-electron chi connectivity index (χ1n) is 7.22. The van der Waals surface area contributed by atoms with Crippen LogP contribution in [-0.4, -0.2) is 9.97 Å². The molecular formula is C18H19N3. The van der Waals surface area contributed by atoms with E-state index in [2.05, 4.69) is 42.0 Å². The SMILES string of the molecule is CC(C)c1ccc2c(-c3ccncc3)cnc(CN)c2c1. The van der Waals surface area contributed by atoms with Gasteiger partial charge in [0, 0.05) is 36.1 Å². The highest BCUT2D eigenvalue weighted by Gasteiger charge is 2.10. The number of benzene rings is 1. The van der Waals surface area contributed by atoms with Gasteiger partial charge in [0.05, 0.1) is 5.69 Å². The minimum atomic E-state index is 0.453. The van der Waals surface area contributed by atoms with Crippen molar-refractivity contribution in [3.05, 3.63) is 60.2 Å². The van der Waals surface area contributed by atoms with E-state index in [1.807, 2.05) is 18.3 Å². The lowest BCUT2D eigenvalue weighted by atomic mass is 9.95. The van der Waals surface area contributed by atoms with Gasteiger partial charge in [-0.2, -0.15) is 0 Å². The van der Waals surface area contributed by atoms with Gasteiger partial charge in [0.1, 0.15) is 0 Å². The zero-order valence-electron chi connectivity index (χ0n) is 12.4. The summed E-state index contributed by atoms with van der Waals surface area (Å²) in [5.74, 6) is 0.490. The van der Waals surface area contributed by atoms with Gasteiger partial charge in [0.2, 0.25) is 0 Å². The van der Waals surface area contributed by atoms with Crippen LogP contribution in [0.2, 0.25) is 0 Å². The van der Waals surface area contributed by atoms with Crippen molar-refractivity contribution < 1.29 is 0 Å². The maximum absolute atomic E-state index is 5.86. The molecule has 2 heterocycles. The average Bonchev–Trinajstić information content (AvgIpc) is 2.54. The molecule has 0 aliphatic heterocycles. The monoisotopic (exact) mass is 277 g/mol. The zero-order chi connectivity index (χ0) is 14.8. The molecule has 0 amide bonds. The Kier molecular flexibility index (Phi) is 3.67. The molecule has 0 spiro atoms. The molecule has 3 aromatic rings. The minimum absolute atomic E-state index is 0.453. The Hall–Kier alpha value is -2.26. The number of rotatable bonds is 3. The third-order valence-electron chi connectivity index (χ3n) is 3.85. The molecule has 0 unspecified atom stereocenters. The number of fused-ring (bicyclic) bond motifs is 1. The molecule has 2 N–H and O–H groups in total. The fourth-order valence-electron chi connectivity index (χ4n) is 2.60. The van der Waals surface area contributed by atoms with Gasteiger partial charge in [-0.05, 0) is 40.6 Å². The minimum Gasteiger partial charge on any atom is -0.325 e. The number of nitrogens with two attached hydrogens (primary N) is 1. The summed E-state index contributed by atoms with van der Waals surface area (Å²) in [6, 6.07) is 10.6. The van der Waals surface area contributed by atoms with Crippen molar-refractivity contribution in [3.8, 4) is 11.1 Å². The van der Waals surface area contributed by atoms with Crippen LogP contribution in [0, 0.1) is 0 Å². The fourth-order valence-corrected chi connectivity index (χ4v) is 2.60. The molecule has 1 aromatic carbocycles. The summed E-state index contributed by atoms with van der Waals surface area (Å²) in [6.07, 6.45) is 5.52. The zero-order valence-corrected chi connectivity index (χ0v) is 12.4. The van der Waals surface area contributed by atoms with Crippen LogP contribution in [0.15, 0.2) is 48.9 Å². The highest BCUT2D eigenvalue weighted by Crippen LogP contribution is 2.31. The predicted octanol–water partition coefficient (Wildman–Crippen LogP) is 3.88. The number of hydrogen-bond donors (Lipinski definition) is 1. The lowest BCUT2D eigenvalue weighted by Gasteiger charge is -2.13. The maximum Gasteiger partial charge on any atom is 0.0618 e. The quantitative estimate of drug-likeness (QED) is 0.790. The number of aromatic nitrogens is 2. The van der Waals surface area contributed by atoms with E-state index in [0.717, 1.165) is 22.2 Å². The van der Waals surface area contributed by atoms with Gasteiger partial charge in [-0.25, -0.2) is 0 Å². The van der Waals surface area contributed by atoms with Gasteiger partial charge in [-0.3, -0.25) is 9.97 Å². The molecule has 3 nitrogen and oxygen atoms in total. The first-order chi connectivity index (χ1) is 10.2. The lowest BCUT2D eigenvalue weighted by Crippen LogP contribution is -2.02. The van der Waals surface area contributed by atoms with Crippen molar-refractivity contribution in [3.63, 3.8) is 0 Å². The second kappa shape index (κ2) is 5.62. The standard InChI is InChI=1S/C18H19N3/c1-12(2)14-3-4-15-16(9-14)18(10-19)21-11-17(15)13-5-7-20-8-6-13/h3-9,11-12H,10,19H2,1-2H3. The van der Waals surface area contributed by atoms with Crippen molar-refractivity contribution in [1.82, 2.24) is 9.97 Å². The van der Waals surface area contributed by atoms with Crippen molar-refractivity contribution in [2.75, 3.05) is 0 Å². The number of hydrogen-bond acceptors (Lipinski definition) is 3. The van der Waals surface area contributed by atoms with E-state index >= 15 is 0 Å². The Balaban J connectivity index is 2.29. The number of nitrogens with zero attached hydrogens (tertiary/aromatic N) is 2. The van der Waals surface area contributed by atoms with Crippen molar-refractivity contribution in [2.45, 2.75) is 26.3 Å². The van der Waals surface area contributed by atoms with Crippen molar-refractivity contribution in [2.24, 2.45) is 5.73 Å². The van der Waals surface area contributed by atoms with E-state index in [9.17, 15) is 0 Å². The van der Waals surface area contributed by atoms with Crippen LogP contribution in [0.3, 0.4) is 0 Å². The van der Waals surface area contributed by atoms with Crippen LogP contribution in [0.5, 0.6) is 0 Å². The van der Waals surface area contributed by atoms with Crippen LogP contribution >= 0.6 is 0 Å². The van der Waals surface area contributed by atoms with Crippen LogP contribution in [0.25, 0.3) is 21.9 Å². The summed E-state index contributed by atoms with van der Waals surface area (Å²) in [7, 11) is 0. The van der Waals surface area contributed by atoms with E-state index in [4.69, 9.17) is 5.73 Å². The van der Waals surface area contributed by atoms with E-state index in [1.54, 1.807) is 12.4 Å². The smallest absolute Gasteiger partial charge is 0.0618 e. The Bertz CT molecular complexity index is 764. The summed E-state index contributed by atoms with van der Waals surface area (Å²) >= 11 is 0. The topological polar surface area (TPSA) is 51.8 Å². The maximum atomic E-state index is 5.86. The molecule has 106 valence electrons. The fraction of sp³-hybridized carbons (Fsp3) is 0.222. The Morgan fingerprint density at radius 2 is 1.81 bits per heavy atom. The second-order valence-corrected chi connectivity index (χ2v) is 5.52. The van der Waals surface area contributed by atoms with Gasteiger partial charge >= 0.3 is 0 Å². The molecule has 0 aliphatic carbocycles. The molecule has 0 saturated heterocycles. The lowest BCUT2D eigenvalue weighted by molar-refractivity contribution is 0.868.